The molecule has 0 heteroatoms. The lowest BCUT2D eigenvalue weighted by atomic mass is 10.2. The fraction of sp³-hybridized carbons (Fsp3) is 0.385. The fourth-order valence-corrected chi connectivity index (χ4v) is 1.18. The van der Waals surface area contributed by atoms with Gasteiger partial charge in [0.15, 0.2) is 0 Å². The van der Waals surface area contributed by atoms with E-state index in [0.29, 0.717) is 0 Å². The molecule has 0 unspecified atom stereocenters. The highest BCUT2D eigenvalue weighted by Crippen LogP contribution is 1.99. The zero-order chi connectivity index (χ0) is 9.19. The van der Waals surface area contributed by atoms with Crippen LogP contribution in [0.5, 0.6) is 0 Å². The van der Waals surface area contributed by atoms with Crippen molar-refractivity contribution in [3.63, 3.8) is 0 Å². The molecule has 0 bridgehead atoms. The van der Waals surface area contributed by atoms with Crippen LogP contribution in [0.3, 0.4) is 0 Å². The van der Waals surface area contributed by atoms with Gasteiger partial charge in [0, 0.05) is 0 Å². The van der Waals surface area contributed by atoms with E-state index in [4.69, 9.17) is 0 Å². The third-order valence-electron chi connectivity index (χ3n) is 1.91. The Balaban J connectivity index is 2.38. The van der Waals surface area contributed by atoms with Gasteiger partial charge in [-0.25, -0.2) is 0 Å². The van der Waals surface area contributed by atoms with E-state index in [-0.39, 0.29) is 0 Å². The predicted molar refractivity (Wildman–Crippen MR) is 58.3 cm³/mol. The molecule has 0 aliphatic heterocycles. The highest BCUT2D eigenvalue weighted by atomic mass is 13.9. The minimum absolute atomic E-state index is 0.939. The molecule has 0 amide bonds. The maximum atomic E-state index is 3.24. The third-order valence-corrected chi connectivity index (χ3v) is 1.91. The molecular weight excluding hydrogens is 156 g/mol. The van der Waals surface area contributed by atoms with Gasteiger partial charge in [-0.1, -0.05) is 42.5 Å². The van der Waals surface area contributed by atoms with Gasteiger partial charge in [0.2, 0.25) is 0 Å². The monoisotopic (exact) mass is 173 g/mol. The second-order valence-electron chi connectivity index (χ2n) is 3.09. The van der Waals surface area contributed by atoms with Crippen molar-refractivity contribution in [2.45, 2.75) is 32.1 Å². The van der Waals surface area contributed by atoms with Gasteiger partial charge in [-0.05, 0) is 38.2 Å². The van der Waals surface area contributed by atoms with E-state index in [1.807, 2.05) is 0 Å². The lowest BCUT2D eigenvalue weighted by molar-refractivity contribution is 1.000. The van der Waals surface area contributed by atoms with Crippen molar-refractivity contribution in [1.82, 2.24) is 0 Å². The predicted octanol–water partition coefficient (Wildman–Crippen LogP) is 3.98. The van der Waals surface area contributed by atoms with Crippen LogP contribution in [-0.4, -0.2) is 0 Å². The summed E-state index contributed by atoms with van der Waals surface area (Å²) in [7, 11) is 0. The molecule has 13 heavy (non-hydrogen) atoms. The van der Waals surface area contributed by atoms with Gasteiger partial charge in [-0.15, -0.1) is 0 Å². The molecular formula is C13H17. The molecule has 0 nitrogen and oxygen atoms in total. The Morgan fingerprint density at radius 1 is 0.692 bits per heavy atom. The SMILES string of the molecule is [C]1=CCCC=CCCC=CC=CC1. The Kier molecular flexibility index (Phi) is 5.87. The molecule has 0 aromatic carbocycles. The van der Waals surface area contributed by atoms with Crippen molar-refractivity contribution >= 4 is 0 Å². The van der Waals surface area contributed by atoms with E-state index in [9.17, 15) is 0 Å². The standard InChI is InChI=1S/C13H17/c1-2-4-6-8-10-12-13-11-9-7-5-3-1/h1-4,9-11H,5-7,12-13H2. The van der Waals surface area contributed by atoms with E-state index in [1.165, 1.54) is 0 Å². The minimum Gasteiger partial charge on any atom is -0.0882 e. The largest absolute Gasteiger partial charge is 0.0882 e. The highest BCUT2D eigenvalue weighted by molar-refractivity contribution is 5.04. The summed E-state index contributed by atoms with van der Waals surface area (Å²) in [6.07, 6.45) is 24.0. The lowest BCUT2D eigenvalue weighted by Crippen LogP contribution is -1.67. The molecule has 0 aromatic heterocycles. The summed E-state index contributed by atoms with van der Waals surface area (Å²) in [4.78, 5) is 0. The zero-order valence-corrected chi connectivity index (χ0v) is 8.08. The molecule has 1 aliphatic carbocycles. The molecule has 1 radical (unpaired) electrons. The third kappa shape index (κ3) is 6.15. The summed E-state index contributed by atoms with van der Waals surface area (Å²) >= 11 is 0. The van der Waals surface area contributed by atoms with Crippen LogP contribution in [0.4, 0.5) is 0 Å². The van der Waals surface area contributed by atoms with Gasteiger partial charge in [0.25, 0.3) is 0 Å². The van der Waals surface area contributed by atoms with Gasteiger partial charge in [-0.3, -0.25) is 0 Å². The van der Waals surface area contributed by atoms with Crippen molar-refractivity contribution in [3.05, 3.63) is 48.6 Å². The van der Waals surface area contributed by atoms with Gasteiger partial charge < -0.3 is 0 Å². The van der Waals surface area contributed by atoms with Crippen molar-refractivity contribution in [1.29, 1.82) is 0 Å². The van der Waals surface area contributed by atoms with Crippen molar-refractivity contribution < 1.29 is 0 Å². The summed E-state index contributed by atoms with van der Waals surface area (Å²) in [6, 6.07) is 0. The molecule has 0 saturated carbocycles. The van der Waals surface area contributed by atoms with Crippen LogP contribution < -0.4 is 0 Å². The molecule has 0 atom stereocenters. The smallest absolute Gasteiger partial charge is 0.00948 e. The Hall–Kier alpha value is -1.04. The number of rotatable bonds is 0. The van der Waals surface area contributed by atoms with E-state index in [1.54, 1.807) is 0 Å². The molecule has 0 fully saturated rings. The lowest BCUT2D eigenvalue weighted by Gasteiger charge is -1.86. The molecule has 1 aliphatic rings. The maximum Gasteiger partial charge on any atom is -0.00948 e. The first-order chi connectivity index (χ1) is 6.50. The fourth-order valence-electron chi connectivity index (χ4n) is 1.18. The van der Waals surface area contributed by atoms with E-state index >= 15 is 0 Å². The van der Waals surface area contributed by atoms with E-state index < -0.39 is 0 Å². The van der Waals surface area contributed by atoms with Crippen molar-refractivity contribution in [3.8, 4) is 0 Å². The molecule has 1 rings (SSSR count). The Labute approximate surface area is 81.4 Å². The summed E-state index contributed by atoms with van der Waals surface area (Å²) < 4.78 is 0. The van der Waals surface area contributed by atoms with Crippen LogP contribution in [-0.2, 0) is 0 Å². The van der Waals surface area contributed by atoms with Crippen LogP contribution in [0.1, 0.15) is 32.1 Å². The summed E-state index contributed by atoms with van der Waals surface area (Å²) in [5.74, 6) is 0. The molecule has 0 heterocycles. The first kappa shape index (κ1) is 10.0. The van der Waals surface area contributed by atoms with E-state index in [2.05, 4.69) is 48.6 Å². The average Bonchev–Trinajstić information content (AvgIpc) is 2.18. The first-order valence-corrected chi connectivity index (χ1v) is 5.02. The molecule has 0 aromatic rings. The summed E-state index contributed by atoms with van der Waals surface area (Å²) in [5.41, 5.74) is 0. The highest BCUT2D eigenvalue weighted by Gasteiger charge is 1.80. The van der Waals surface area contributed by atoms with Gasteiger partial charge in [0.05, 0.1) is 0 Å². The van der Waals surface area contributed by atoms with Crippen LogP contribution >= 0.6 is 0 Å². The van der Waals surface area contributed by atoms with Crippen molar-refractivity contribution in [2.24, 2.45) is 0 Å². The second kappa shape index (κ2) is 7.60. The first-order valence-electron chi connectivity index (χ1n) is 5.02. The van der Waals surface area contributed by atoms with Crippen LogP contribution in [0.25, 0.3) is 0 Å². The quantitative estimate of drug-likeness (QED) is 0.486. The van der Waals surface area contributed by atoms with E-state index in [0.717, 1.165) is 32.1 Å². The van der Waals surface area contributed by atoms with Crippen LogP contribution in [0, 0.1) is 6.08 Å². The Bertz CT molecular complexity index is 216. The summed E-state index contributed by atoms with van der Waals surface area (Å²) in [6.45, 7) is 0. The van der Waals surface area contributed by atoms with Crippen LogP contribution in [0.2, 0.25) is 0 Å². The average molecular weight is 173 g/mol. The van der Waals surface area contributed by atoms with Gasteiger partial charge in [0.1, 0.15) is 0 Å². The van der Waals surface area contributed by atoms with Gasteiger partial charge in [-0.2, -0.15) is 0 Å². The number of hydrogen-bond donors (Lipinski definition) is 0. The molecule has 69 valence electrons. The minimum atomic E-state index is 0.939. The molecule has 0 saturated heterocycles. The topological polar surface area (TPSA) is 0 Å². The number of allylic oxidation sites excluding steroid dienone is 8. The molecule has 0 N–H and O–H groups in total. The summed E-state index contributed by atoms with van der Waals surface area (Å²) in [5, 5.41) is 0. The normalized spacial score (nSPS) is 19.1. The Morgan fingerprint density at radius 2 is 1.38 bits per heavy atom. The second-order valence-corrected chi connectivity index (χ2v) is 3.09. The van der Waals surface area contributed by atoms with Gasteiger partial charge >= 0.3 is 0 Å². The number of hydrogen-bond acceptors (Lipinski definition) is 0. The maximum absolute atomic E-state index is 3.24. The zero-order valence-electron chi connectivity index (χ0n) is 8.08. The molecule has 0 spiro atoms. The van der Waals surface area contributed by atoms with Crippen molar-refractivity contribution in [2.75, 3.05) is 0 Å². The Morgan fingerprint density at radius 3 is 2.31 bits per heavy atom. The van der Waals surface area contributed by atoms with Crippen LogP contribution in [0.15, 0.2) is 42.5 Å².